The summed E-state index contributed by atoms with van der Waals surface area (Å²) in [6.45, 7) is 1.93. The first-order chi connectivity index (χ1) is 7.65. The van der Waals surface area contributed by atoms with E-state index < -0.39 is 0 Å². The van der Waals surface area contributed by atoms with Crippen molar-refractivity contribution in [3.8, 4) is 0 Å². The van der Waals surface area contributed by atoms with Gasteiger partial charge in [-0.1, -0.05) is 28.5 Å². The zero-order chi connectivity index (χ0) is 12.4. The molecule has 2 amide bonds. The number of carbonyl (C=O) groups is 2. The van der Waals surface area contributed by atoms with Crippen LogP contribution in [0.4, 0.5) is 0 Å². The maximum absolute atomic E-state index is 11.2. The molecule has 0 radical (unpaired) electrons. The standard InChI is InChI=1S/C8H18N4O2S2/c1-2-6(8(14)12-10)16-15-5-3-4-7(13)11-9/h6H,2-5,9-10H2,1H3,(H,11,13)(H,12,14). The van der Waals surface area contributed by atoms with E-state index in [-0.39, 0.29) is 17.1 Å². The number of hydrogen-bond acceptors (Lipinski definition) is 6. The first-order valence-corrected chi connectivity index (χ1v) is 7.32. The summed E-state index contributed by atoms with van der Waals surface area (Å²) in [5.41, 5.74) is 4.20. The van der Waals surface area contributed by atoms with E-state index in [0.29, 0.717) is 6.42 Å². The normalized spacial score (nSPS) is 11.9. The first-order valence-electron chi connectivity index (χ1n) is 4.93. The second-order valence-corrected chi connectivity index (χ2v) is 5.68. The Labute approximate surface area is 103 Å². The van der Waals surface area contributed by atoms with Crippen molar-refractivity contribution in [1.29, 1.82) is 0 Å². The lowest BCUT2D eigenvalue weighted by atomic mass is 10.3. The molecule has 16 heavy (non-hydrogen) atoms. The zero-order valence-electron chi connectivity index (χ0n) is 9.19. The van der Waals surface area contributed by atoms with Gasteiger partial charge in [0.25, 0.3) is 0 Å². The average molecular weight is 266 g/mol. The molecule has 0 aromatic heterocycles. The van der Waals surface area contributed by atoms with Crippen molar-refractivity contribution in [3.05, 3.63) is 0 Å². The van der Waals surface area contributed by atoms with Crippen molar-refractivity contribution in [3.63, 3.8) is 0 Å². The molecule has 0 spiro atoms. The van der Waals surface area contributed by atoms with Crippen LogP contribution in [0.3, 0.4) is 0 Å². The Balaban J connectivity index is 3.56. The third-order valence-electron chi connectivity index (χ3n) is 1.78. The lowest BCUT2D eigenvalue weighted by molar-refractivity contribution is -0.121. The summed E-state index contributed by atoms with van der Waals surface area (Å²) in [6, 6.07) is 0. The zero-order valence-corrected chi connectivity index (χ0v) is 10.8. The highest BCUT2D eigenvalue weighted by Crippen LogP contribution is 2.29. The van der Waals surface area contributed by atoms with Crippen LogP contribution in [0.5, 0.6) is 0 Å². The molecule has 8 heteroatoms. The molecule has 0 aromatic carbocycles. The van der Waals surface area contributed by atoms with Gasteiger partial charge in [0.05, 0.1) is 5.25 Å². The molecule has 0 heterocycles. The monoisotopic (exact) mass is 266 g/mol. The summed E-state index contributed by atoms with van der Waals surface area (Å²) in [6.07, 6.45) is 1.87. The molecule has 0 aliphatic carbocycles. The van der Waals surface area contributed by atoms with Crippen LogP contribution in [0.15, 0.2) is 0 Å². The molecule has 0 aromatic rings. The maximum atomic E-state index is 11.2. The Morgan fingerprint density at radius 1 is 1.31 bits per heavy atom. The first kappa shape index (κ1) is 15.6. The van der Waals surface area contributed by atoms with E-state index in [2.05, 4.69) is 10.9 Å². The number of amides is 2. The molecule has 1 atom stereocenters. The lowest BCUT2D eigenvalue weighted by Crippen LogP contribution is -2.37. The largest absolute Gasteiger partial charge is 0.294 e. The highest BCUT2D eigenvalue weighted by atomic mass is 33.1. The minimum atomic E-state index is -0.169. The van der Waals surface area contributed by atoms with Gasteiger partial charge >= 0.3 is 0 Å². The van der Waals surface area contributed by atoms with Crippen LogP contribution in [-0.4, -0.2) is 22.8 Å². The molecular weight excluding hydrogens is 248 g/mol. The van der Waals surface area contributed by atoms with Gasteiger partial charge in [0, 0.05) is 12.2 Å². The fourth-order valence-electron chi connectivity index (χ4n) is 0.884. The molecule has 0 aliphatic heterocycles. The minimum absolute atomic E-state index is 0.140. The molecule has 0 aliphatic rings. The fraction of sp³-hybridized carbons (Fsp3) is 0.750. The van der Waals surface area contributed by atoms with E-state index in [4.69, 9.17) is 11.7 Å². The van der Waals surface area contributed by atoms with Crippen LogP contribution in [-0.2, 0) is 9.59 Å². The Morgan fingerprint density at radius 2 is 2.00 bits per heavy atom. The summed E-state index contributed by atoms with van der Waals surface area (Å²) in [5, 5.41) is -0.140. The smallest absolute Gasteiger partial charge is 0.247 e. The Hall–Kier alpha value is -0.440. The van der Waals surface area contributed by atoms with E-state index in [1.807, 2.05) is 6.92 Å². The Bertz CT molecular complexity index is 228. The topological polar surface area (TPSA) is 110 Å². The van der Waals surface area contributed by atoms with Crippen molar-refractivity contribution in [1.82, 2.24) is 10.9 Å². The van der Waals surface area contributed by atoms with Gasteiger partial charge in [0.2, 0.25) is 11.8 Å². The summed E-state index contributed by atoms with van der Waals surface area (Å²) < 4.78 is 0. The van der Waals surface area contributed by atoms with E-state index in [1.165, 1.54) is 10.8 Å². The summed E-state index contributed by atoms with van der Waals surface area (Å²) >= 11 is 0. The number of carbonyl (C=O) groups excluding carboxylic acids is 2. The number of nitrogens with two attached hydrogens (primary N) is 2. The van der Waals surface area contributed by atoms with Gasteiger partial charge in [-0.25, -0.2) is 11.7 Å². The van der Waals surface area contributed by atoms with Crippen LogP contribution >= 0.6 is 21.6 Å². The third kappa shape index (κ3) is 6.94. The number of nitrogens with one attached hydrogen (secondary N) is 2. The quantitative estimate of drug-likeness (QED) is 0.161. The van der Waals surface area contributed by atoms with Crippen molar-refractivity contribution >= 4 is 33.4 Å². The predicted octanol–water partition coefficient (Wildman–Crippen LogP) is -0.0936. The van der Waals surface area contributed by atoms with Crippen LogP contribution < -0.4 is 22.5 Å². The Kier molecular flexibility index (Phi) is 9.49. The molecule has 0 bridgehead atoms. The van der Waals surface area contributed by atoms with Crippen LogP contribution in [0.2, 0.25) is 0 Å². The summed E-state index contributed by atoms with van der Waals surface area (Å²) in [7, 11) is 3.04. The highest BCUT2D eigenvalue weighted by Gasteiger charge is 2.15. The van der Waals surface area contributed by atoms with E-state index >= 15 is 0 Å². The average Bonchev–Trinajstić information content (AvgIpc) is 2.32. The fourth-order valence-corrected chi connectivity index (χ4v) is 3.50. The summed E-state index contributed by atoms with van der Waals surface area (Å²) in [5.74, 6) is 10.4. The van der Waals surface area contributed by atoms with Gasteiger partial charge in [0.15, 0.2) is 0 Å². The van der Waals surface area contributed by atoms with E-state index in [0.717, 1.165) is 18.6 Å². The van der Waals surface area contributed by atoms with Gasteiger partial charge in [0.1, 0.15) is 0 Å². The van der Waals surface area contributed by atoms with Crippen LogP contribution in [0.25, 0.3) is 0 Å². The van der Waals surface area contributed by atoms with E-state index in [9.17, 15) is 9.59 Å². The molecule has 0 saturated carbocycles. The van der Waals surface area contributed by atoms with Crippen molar-refractivity contribution in [2.24, 2.45) is 11.7 Å². The molecule has 0 saturated heterocycles. The lowest BCUT2D eigenvalue weighted by Gasteiger charge is -2.11. The van der Waals surface area contributed by atoms with Gasteiger partial charge < -0.3 is 0 Å². The number of hydrogen-bond donors (Lipinski definition) is 4. The van der Waals surface area contributed by atoms with Crippen molar-refractivity contribution in [2.75, 3.05) is 5.75 Å². The highest BCUT2D eigenvalue weighted by molar-refractivity contribution is 8.77. The minimum Gasteiger partial charge on any atom is -0.294 e. The molecule has 6 nitrogen and oxygen atoms in total. The predicted molar refractivity (Wildman–Crippen MR) is 68.0 cm³/mol. The number of rotatable bonds is 8. The van der Waals surface area contributed by atoms with Crippen molar-refractivity contribution < 1.29 is 9.59 Å². The van der Waals surface area contributed by atoms with Gasteiger partial charge in [-0.3, -0.25) is 20.4 Å². The summed E-state index contributed by atoms with van der Waals surface area (Å²) in [4.78, 5) is 22.0. The van der Waals surface area contributed by atoms with Gasteiger partial charge in [-0.05, 0) is 12.8 Å². The molecule has 94 valence electrons. The molecule has 0 fully saturated rings. The molecule has 1 unspecified atom stereocenters. The third-order valence-corrected chi connectivity index (χ3v) is 4.76. The SMILES string of the molecule is CCC(SSCCCC(=O)NN)C(=O)NN. The second kappa shape index (κ2) is 9.76. The van der Waals surface area contributed by atoms with Gasteiger partial charge in [-0.15, -0.1) is 0 Å². The van der Waals surface area contributed by atoms with E-state index in [1.54, 1.807) is 10.8 Å². The second-order valence-electron chi connectivity index (χ2n) is 2.99. The van der Waals surface area contributed by atoms with Crippen molar-refractivity contribution in [2.45, 2.75) is 31.4 Å². The Morgan fingerprint density at radius 3 is 2.50 bits per heavy atom. The molecule has 0 rings (SSSR count). The van der Waals surface area contributed by atoms with Crippen LogP contribution in [0, 0.1) is 0 Å². The van der Waals surface area contributed by atoms with Crippen LogP contribution in [0.1, 0.15) is 26.2 Å². The van der Waals surface area contributed by atoms with Gasteiger partial charge in [-0.2, -0.15) is 0 Å². The molecule has 6 N–H and O–H groups in total. The number of hydrazine groups is 2. The maximum Gasteiger partial charge on any atom is 0.247 e. The molecular formula is C8H18N4O2S2.